The second-order valence-corrected chi connectivity index (χ2v) is 18.5. The molecule has 9 heteroatoms. The molecule has 0 spiro atoms. The third kappa shape index (κ3) is 5.94. The molecule has 2 atom stereocenters. The molecule has 35 heavy (non-hydrogen) atoms. The number of pyridine rings is 1. The van der Waals surface area contributed by atoms with Gasteiger partial charge in [-0.15, -0.1) is 0 Å². The molecule has 1 amide bonds. The van der Waals surface area contributed by atoms with Gasteiger partial charge in [0.1, 0.15) is 18.0 Å². The van der Waals surface area contributed by atoms with E-state index in [0.717, 1.165) is 52.0 Å². The van der Waals surface area contributed by atoms with Gasteiger partial charge in [-0.3, -0.25) is 0 Å². The second-order valence-electron chi connectivity index (χ2n) is 12.0. The fourth-order valence-electron chi connectivity index (χ4n) is 4.66. The number of amides is 1. The van der Waals surface area contributed by atoms with Gasteiger partial charge in [-0.2, -0.15) is 0 Å². The van der Waals surface area contributed by atoms with Gasteiger partial charge >= 0.3 is 6.09 Å². The summed E-state index contributed by atoms with van der Waals surface area (Å²) in [5, 5.41) is 2.18. The largest absolute Gasteiger partial charge is 0.444 e. The number of halogens is 1. The van der Waals surface area contributed by atoms with Crippen LogP contribution in [-0.4, -0.2) is 58.5 Å². The molecule has 0 saturated carbocycles. The SMILES string of the molecule is C[C@@H]1CCN(C(=O)OC(C)(C)C)C[C@@H]1n1ccc2cnc3c(c(Br)cn3COCC[Si](C)(C)C)c21. The highest BCUT2D eigenvalue weighted by Gasteiger charge is 2.33. The van der Waals surface area contributed by atoms with Crippen LogP contribution < -0.4 is 0 Å². The number of fused-ring (bicyclic) bond motifs is 3. The number of hydrogen-bond donors (Lipinski definition) is 0. The molecule has 192 valence electrons. The van der Waals surface area contributed by atoms with Crippen molar-refractivity contribution in [3.63, 3.8) is 0 Å². The number of rotatable bonds is 6. The molecule has 4 heterocycles. The van der Waals surface area contributed by atoms with Crippen LogP contribution >= 0.6 is 15.9 Å². The van der Waals surface area contributed by atoms with Gasteiger partial charge in [0.05, 0.1) is 16.9 Å². The number of carbonyl (C=O) groups excluding carboxylic acids is 1. The van der Waals surface area contributed by atoms with E-state index in [0.29, 0.717) is 19.2 Å². The van der Waals surface area contributed by atoms with Crippen molar-refractivity contribution in [1.29, 1.82) is 0 Å². The minimum Gasteiger partial charge on any atom is -0.444 e. The fraction of sp³-hybridized carbons (Fsp3) is 0.615. The number of hydrogen-bond acceptors (Lipinski definition) is 4. The molecule has 0 radical (unpaired) electrons. The molecular weight excluding hydrogens is 524 g/mol. The van der Waals surface area contributed by atoms with Crippen molar-refractivity contribution in [3.05, 3.63) is 29.1 Å². The molecule has 1 saturated heterocycles. The zero-order chi connectivity index (χ0) is 25.5. The Morgan fingerprint density at radius 3 is 2.71 bits per heavy atom. The van der Waals surface area contributed by atoms with Crippen molar-refractivity contribution in [2.75, 3.05) is 19.7 Å². The summed E-state index contributed by atoms with van der Waals surface area (Å²) in [5.41, 5.74) is 1.55. The zero-order valence-electron chi connectivity index (χ0n) is 22.1. The highest BCUT2D eigenvalue weighted by atomic mass is 79.9. The van der Waals surface area contributed by atoms with Crippen molar-refractivity contribution in [2.24, 2.45) is 5.92 Å². The van der Waals surface area contributed by atoms with Gasteiger partial charge in [-0.05, 0) is 61.2 Å². The predicted octanol–water partition coefficient (Wildman–Crippen LogP) is 6.88. The molecule has 1 aliphatic rings. The van der Waals surface area contributed by atoms with Gasteiger partial charge in [0.25, 0.3) is 0 Å². The predicted molar refractivity (Wildman–Crippen MR) is 148 cm³/mol. The average Bonchev–Trinajstić information content (AvgIpc) is 3.30. The zero-order valence-corrected chi connectivity index (χ0v) is 24.7. The van der Waals surface area contributed by atoms with Gasteiger partial charge in [-0.1, -0.05) is 26.6 Å². The topological polar surface area (TPSA) is 61.5 Å². The fourth-order valence-corrected chi connectivity index (χ4v) is 6.03. The summed E-state index contributed by atoms with van der Waals surface area (Å²) in [6, 6.07) is 3.42. The lowest BCUT2D eigenvalue weighted by atomic mass is 9.93. The first-order valence-corrected chi connectivity index (χ1v) is 17.0. The summed E-state index contributed by atoms with van der Waals surface area (Å²) in [6.45, 7) is 17.7. The summed E-state index contributed by atoms with van der Waals surface area (Å²) in [6.07, 6.45) is 6.85. The minimum atomic E-state index is -1.13. The number of piperidine rings is 1. The maximum Gasteiger partial charge on any atom is 0.410 e. The maximum atomic E-state index is 12.8. The van der Waals surface area contributed by atoms with Crippen LogP contribution in [0.2, 0.25) is 25.7 Å². The van der Waals surface area contributed by atoms with Crippen LogP contribution in [0.1, 0.15) is 40.2 Å². The summed E-state index contributed by atoms with van der Waals surface area (Å²) >= 11 is 3.80. The lowest BCUT2D eigenvalue weighted by molar-refractivity contribution is 0.0128. The molecule has 1 aliphatic heterocycles. The van der Waals surface area contributed by atoms with Crippen molar-refractivity contribution in [1.82, 2.24) is 19.0 Å². The standard InChI is InChI=1S/C26H39BrN4O3Si/c1-18-8-10-29(25(32)34-26(2,3)4)16-21(18)31-11-9-19-14-28-24-22(23(19)31)20(27)15-30(24)17-33-12-13-35(5,6)7/h9,11,14-15,18,21H,8,10,12-13,16-17H2,1-7H3/t18-,21+/m1/s1. The first-order chi connectivity index (χ1) is 16.3. The number of nitrogens with zero attached hydrogens (tertiary/aromatic N) is 4. The number of carbonyl (C=O) groups is 1. The molecule has 3 aromatic rings. The Morgan fingerprint density at radius 1 is 1.29 bits per heavy atom. The number of ether oxygens (including phenoxy) is 2. The van der Waals surface area contributed by atoms with Gasteiger partial charge in [0, 0.05) is 56.2 Å². The van der Waals surface area contributed by atoms with Crippen molar-refractivity contribution in [3.8, 4) is 0 Å². The molecule has 1 fully saturated rings. The highest BCUT2D eigenvalue weighted by molar-refractivity contribution is 9.10. The van der Waals surface area contributed by atoms with Crippen LogP contribution in [0.4, 0.5) is 4.79 Å². The van der Waals surface area contributed by atoms with E-state index in [1.165, 1.54) is 0 Å². The number of likely N-dealkylation sites (tertiary alicyclic amines) is 1. The van der Waals surface area contributed by atoms with E-state index >= 15 is 0 Å². The van der Waals surface area contributed by atoms with E-state index in [1.54, 1.807) is 0 Å². The van der Waals surface area contributed by atoms with Crippen LogP contribution in [-0.2, 0) is 16.2 Å². The summed E-state index contributed by atoms with van der Waals surface area (Å²) in [7, 11) is -1.13. The van der Waals surface area contributed by atoms with E-state index in [4.69, 9.17) is 14.5 Å². The molecule has 0 aliphatic carbocycles. The summed E-state index contributed by atoms with van der Waals surface area (Å²) in [4.78, 5) is 19.5. The Morgan fingerprint density at radius 2 is 2.03 bits per heavy atom. The number of aromatic nitrogens is 3. The van der Waals surface area contributed by atoms with E-state index in [2.05, 4.69) is 70.1 Å². The Kier molecular flexibility index (Phi) is 7.42. The lowest BCUT2D eigenvalue weighted by Crippen LogP contribution is -2.45. The summed E-state index contributed by atoms with van der Waals surface area (Å²) < 4.78 is 17.1. The van der Waals surface area contributed by atoms with Crippen LogP contribution in [0.3, 0.4) is 0 Å². The molecule has 4 rings (SSSR count). The summed E-state index contributed by atoms with van der Waals surface area (Å²) in [5.74, 6) is 0.429. The van der Waals surface area contributed by atoms with Gasteiger partial charge in [0.15, 0.2) is 0 Å². The average molecular weight is 564 g/mol. The first-order valence-electron chi connectivity index (χ1n) is 12.5. The smallest absolute Gasteiger partial charge is 0.410 e. The Bertz CT molecular complexity index is 1210. The van der Waals surface area contributed by atoms with Gasteiger partial charge in [0.2, 0.25) is 0 Å². The Labute approximate surface area is 217 Å². The van der Waals surface area contributed by atoms with Crippen LogP contribution in [0.25, 0.3) is 21.9 Å². The Balaban J connectivity index is 1.64. The molecular formula is C26H39BrN4O3Si. The minimum absolute atomic E-state index is 0.155. The molecule has 0 N–H and O–H groups in total. The first kappa shape index (κ1) is 26.2. The molecule has 0 aromatic carbocycles. The monoisotopic (exact) mass is 562 g/mol. The lowest BCUT2D eigenvalue weighted by Gasteiger charge is -2.38. The van der Waals surface area contributed by atoms with Crippen molar-refractivity contribution in [2.45, 2.75) is 78.2 Å². The molecule has 0 unspecified atom stereocenters. The van der Waals surface area contributed by atoms with E-state index in [-0.39, 0.29) is 12.1 Å². The van der Waals surface area contributed by atoms with Gasteiger partial charge in [-0.25, -0.2) is 9.78 Å². The van der Waals surface area contributed by atoms with E-state index in [1.807, 2.05) is 31.9 Å². The third-order valence-corrected chi connectivity index (χ3v) is 8.97. The Hall–Kier alpha value is -1.84. The van der Waals surface area contributed by atoms with Crippen LogP contribution in [0, 0.1) is 5.92 Å². The molecule has 3 aromatic heterocycles. The molecule has 0 bridgehead atoms. The second kappa shape index (κ2) is 9.90. The van der Waals surface area contributed by atoms with E-state index in [9.17, 15) is 4.79 Å². The van der Waals surface area contributed by atoms with Crippen LogP contribution in [0.15, 0.2) is 29.1 Å². The normalized spacial score (nSPS) is 19.6. The van der Waals surface area contributed by atoms with Crippen molar-refractivity contribution >= 4 is 52.0 Å². The quantitative estimate of drug-likeness (QED) is 0.242. The maximum absolute atomic E-state index is 12.8. The van der Waals surface area contributed by atoms with Crippen molar-refractivity contribution < 1.29 is 14.3 Å². The van der Waals surface area contributed by atoms with E-state index < -0.39 is 13.7 Å². The highest BCUT2D eigenvalue weighted by Crippen LogP contribution is 2.37. The van der Waals surface area contributed by atoms with Crippen LogP contribution in [0.5, 0.6) is 0 Å². The van der Waals surface area contributed by atoms with Gasteiger partial charge < -0.3 is 23.5 Å². The third-order valence-electron chi connectivity index (χ3n) is 6.67. The molecule has 7 nitrogen and oxygen atoms in total.